The summed E-state index contributed by atoms with van der Waals surface area (Å²) in [5.41, 5.74) is 2.67. The third kappa shape index (κ3) is 3.71. The minimum atomic E-state index is -0.840. The van der Waals surface area contributed by atoms with Gasteiger partial charge in [0.1, 0.15) is 0 Å². The number of carbonyl (C=O) groups is 2. The number of urea groups is 1. The molecule has 1 aliphatic carbocycles. The molecule has 0 bridgehead atoms. The van der Waals surface area contributed by atoms with E-state index in [-0.39, 0.29) is 12.5 Å². The number of carbonyl (C=O) groups excluding carboxylic acids is 1. The van der Waals surface area contributed by atoms with E-state index in [9.17, 15) is 9.59 Å². The topological polar surface area (TPSA) is 78.4 Å². The van der Waals surface area contributed by atoms with Gasteiger partial charge < -0.3 is 15.7 Å². The number of rotatable bonds is 6. The molecule has 0 saturated heterocycles. The molecule has 1 unspecified atom stereocenters. The fourth-order valence-corrected chi connectivity index (χ4v) is 2.26. The molecule has 2 amide bonds. The molecule has 0 aliphatic heterocycles. The van der Waals surface area contributed by atoms with Gasteiger partial charge in [0.2, 0.25) is 0 Å². The van der Waals surface area contributed by atoms with Gasteiger partial charge in [-0.25, -0.2) is 4.79 Å². The van der Waals surface area contributed by atoms with E-state index in [1.54, 1.807) is 0 Å². The highest BCUT2D eigenvalue weighted by atomic mass is 16.4. The second kappa shape index (κ2) is 6.22. The number of carboxylic acids is 1. The van der Waals surface area contributed by atoms with Crippen LogP contribution in [0.4, 0.5) is 4.79 Å². The Morgan fingerprint density at radius 2 is 2.05 bits per heavy atom. The fourth-order valence-electron chi connectivity index (χ4n) is 2.26. The molecule has 1 aromatic rings. The lowest BCUT2D eigenvalue weighted by Gasteiger charge is -2.30. The summed E-state index contributed by atoms with van der Waals surface area (Å²) in [4.78, 5) is 21.8. The summed E-state index contributed by atoms with van der Waals surface area (Å²) in [7, 11) is 0. The van der Waals surface area contributed by atoms with Gasteiger partial charge in [0.25, 0.3) is 0 Å². The summed E-state index contributed by atoms with van der Waals surface area (Å²) in [5.74, 6) is -0.436. The summed E-state index contributed by atoms with van der Waals surface area (Å²) < 4.78 is 0. The first-order valence-corrected chi connectivity index (χ1v) is 6.48. The predicted molar refractivity (Wildman–Crippen MR) is 71.2 cm³/mol. The Bertz CT molecular complexity index is 474. The summed E-state index contributed by atoms with van der Waals surface area (Å²) in [6.45, 7) is 1.02. The molecule has 5 heteroatoms. The van der Waals surface area contributed by atoms with Crippen LogP contribution in [-0.4, -0.2) is 30.2 Å². The zero-order chi connectivity index (χ0) is 13.7. The fraction of sp³-hybridized carbons (Fsp3) is 0.429. The Hall–Kier alpha value is -2.04. The molecule has 0 saturated carbocycles. The van der Waals surface area contributed by atoms with E-state index in [1.165, 1.54) is 11.1 Å². The monoisotopic (exact) mass is 262 g/mol. The Morgan fingerprint density at radius 1 is 1.26 bits per heavy atom. The number of aliphatic carboxylic acids is 1. The lowest BCUT2D eigenvalue weighted by atomic mass is 9.78. The molecule has 0 spiro atoms. The molecule has 0 heterocycles. The van der Waals surface area contributed by atoms with E-state index in [2.05, 4.69) is 22.8 Å². The Balaban J connectivity index is 1.62. The van der Waals surface area contributed by atoms with Crippen molar-refractivity contribution in [1.82, 2.24) is 10.6 Å². The summed E-state index contributed by atoms with van der Waals surface area (Å²) in [6.07, 6.45) is 1.54. The average molecular weight is 262 g/mol. The van der Waals surface area contributed by atoms with Gasteiger partial charge in [-0.2, -0.15) is 0 Å². The van der Waals surface area contributed by atoms with Crippen LogP contribution in [-0.2, 0) is 11.2 Å². The van der Waals surface area contributed by atoms with Crippen molar-refractivity contribution in [1.29, 1.82) is 0 Å². The second-order valence-electron chi connectivity index (χ2n) is 4.73. The number of carboxylic acid groups (broad SMARTS) is 1. The van der Waals surface area contributed by atoms with Gasteiger partial charge in [0, 0.05) is 25.4 Å². The first-order valence-electron chi connectivity index (χ1n) is 6.48. The molecule has 0 aromatic heterocycles. The van der Waals surface area contributed by atoms with Crippen molar-refractivity contribution in [2.75, 3.05) is 13.1 Å². The van der Waals surface area contributed by atoms with Crippen molar-refractivity contribution in [3.63, 3.8) is 0 Å². The van der Waals surface area contributed by atoms with E-state index in [0.717, 1.165) is 6.42 Å². The van der Waals surface area contributed by atoms with Crippen LogP contribution >= 0.6 is 0 Å². The van der Waals surface area contributed by atoms with E-state index in [4.69, 9.17) is 5.11 Å². The lowest BCUT2D eigenvalue weighted by molar-refractivity contribution is -0.137. The van der Waals surface area contributed by atoms with Crippen molar-refractivity contribution >= 4 is 12.0 Å². The maximum absolute atomic E-state index is 11.5. The van der Waals surface area contributed by atoms with E-state index in [0.29, 0.717) is 25.4 Å². The van der Waals surface area contributed by atoms with Gasteiger partial charge in [0.05, 0.1) is 0 Å². The van der Waals surface area contributed by atoms with E-state index in [1.807, 2.05) is 12.1 Å². The SMILES string of the molecule is O=C(O)CCCNC(=O)NCC1Cc2ccccc21. The number of benzene rings is 1. The minimum absolute atomic E-state index is 0.0796. The van der Waals surface area contributed by atoms with Crippen LogP contribution in [0.2, 0.25) is 0 Å². The van der Waals surface area contributed by atoms with Crippen molar-refractivity contribution < 1.29 is 14.7 Å². The van der Waals surface area contributed by atoms with Crippen molar-refractivity contribution in [2.45, 2.75) is 25.2 Å². The van der Waals surface area contributed by atoms with Crippen LogP contribution in [0.1, 0.15) is 29.9 Å². The third-order valence-electron chi connectivity index (χ3n) is 3.32. The number of amides is 2. The smallest absolute Gasteiger partial charge is 0.314 e. The van der Waals surface area contributed by atoms with Crippen LogP contribution in [0.15, 0.2) is 24.3 Å². The zero-order valence-electron chi connectivity index (χ0n) is 10.7. The molecule has 0 fully saturated rings. The Kier molecular flexibility index (Phi) is 4.39. The number of nitrogens with one attached hydrogen (secondary N) is 2. The first kappa shape index (κ1) is 13.4. The molecule has 5 nitrogen and oxygen atoms in total. The van der Waals surface area contributed by atoms with Crippen molar-refractivity contribution in [3.05, 3.63) is 35.4 Å². The molecular formula is C14H18N2O3. The summed E-state index contributed by atoms with van der Waals surface area (Å²) >= 11 is 0. The predicted octanol–water partition coefficient (Wildman–Crippen LogP) is 1.49. The summed E-state index contributed by atoms with van der Waals surface area (Å²) in [6, 6.07) is 8.01. The highest BCUT2D eigenvalue weighted by Gasteiger charge is 2.25. The van der Waals surface area contributed by atoms with Crippen LogP contribution in [0, 0.1) is 0 Å². The van der Waals surface area contributed by atoms with Gasteiger partial charge in [0.15, 0.2) is 0 Å². The van der Waals surface area contributed by atoms with Crippen LogP contribution in [0.3, 0.4) is 0 Å². The molecule has 0 radical (unpaired) electrons. The minimum Gasteiger partial charge on any atom is -0.481 e. The van der Waals surface area contributed by atoms with Crippen LogP contribution in [0.25, 0.3) is 0 Å². The van der Waals surface area contributed by atoms with Crippen molar-refractivity contribution in [3.8, 4) is 0 Å². The largest absolute Gasteiger partial charge is 0.481 e. The molecule has 19 heavy (non-hydrogen) atoms. The molecule has 2 rings (SSSR count). The van der Waals surface area contributed by atoms with Gasteiger partial charge in [-0.1, -0.05) is 24.3 Å². The Labute approximate surface area is 112 Å². The van der Waals surface area contributed by atoms with E-state index < -0.39 is 5.97 Å². The molecule has 1 aromatic carbocycles. The van der Waals surface area contributed by atoms with Gasteiger partial charge in [-0.3, -0.25) is 4.79 Å². The van der Waals surface area contributed by atoms with Gasteiger partial charge >= 0.3 is 12.0 Å². The highest BCUT2D eigenvalue weighted by Crippen LogP contribution is 2.33. The molecule has 102 valence electrons. The van der Waals surface area contributed by atoms with Gasteiger partial charge in [-0.15, -0.1) is 0 Å². The molecule has 1 aliphatic rings. The van der Waals surface area contributed by atoms with Crippen LogP contribution in [0.5, 0.6) is 0 Å². The maximum Gasteiger partial charge on any atom is 0.314 e. The average Bonchev–Trinajstić information content (AvgIpc) is 2.35. The lowest BCUT2D eigenvalue weighted by Crippen LogP contribution is -2.40. The number of fused-ring (bicyclic) bond motifs is 1. The molecule has 3 N–H and O–H groups in total. The van der Waals surface area contributed by atoms with E-state index >= 15 is 0 Å². The highest BCUT2D eigenvalue weighted by molar-refractivity contribution is 5.74. The quantitative estimate of drug-likeness (QED) is 0.680. The van der Waals surface area contributed by atoms with Crippen molar-refractivity contribution in [2.24, 2.45) is 0 Å². The molecular weight excluding hydrogens is 244 g/mol. The number of hydrogen-bond acceptors (Lipinski definition) is 2. The normalized spacial score (nSPS) is 16.1. The Morgan fingerprint density at radius 3 is 2.79 bits per heavy atom. The maximum atomic E-state index is 11.5. The standard InChI is InChI=1S/C14H18N2O3/c17-13(18)6-3-7-15-14(19)16-9-11-8-10-4-1-2-5-12(10)11/h1-2,4-5,11H,3,6-9H2,(H,17,18)(H2,15,16,19). The second-order valence-corrected chi connectivity index (χ2v) is 4.73. The zero-order valence-corrected chi connectivity index (χ0v) is 10.7. The van der Waals surface area contributed by atoms with Gasteiger partial charge in [-0.05, 0) is 24.0 Å². The summed E-state index contributed by atoms with van der Waals surface area (Å²) in [5, 5.41) is 13.9. The first-order chi connectivity index (χ1) is 9.16. The number of hydrogen-bond donors (Lipinski definition) is 3. The van der Waals surface area contributed by atoms with Crippen LogP contribution < -0.4 is 10.6 Å². The third-order valence-corrected chi connectivity index (χ3v) is 3.32. The molecule has 1 atom stereocenters.